The van der Waals surface area contributed by atoms with Crippen LogP contribution in [0.15, 0.2) is 30.6 Å². The van der Waals surface area contributed by atoms with Gasteiger partial charge in [0.1, 0.15) is 11.5 Å². The maximum atomic E-state index is 15.0. The molecule has 3 rings (SSSR count). The fourth-order valence-corrected chi connectivity index (χ4v) is 3.21. The molecule has 0 amide bonds. The number of fused-ring (bicyclic) bond motifs is 2. The number of likely N-dealkylation sites (N-methyl/N-ethyl adjacent to an activating group) is 1. The van der Waals surface area contributed by atoms with Crippen LogP contribution in [-0.2, 0) is 12.5 Å². The Balaban J connectivity index is 2.27. The third-order valence-corrected chi connectivity index (χ3v) is 4.97. The highest BCUT2D eigenvalue weighted by Crippen LogP contribution is 2.47. The van der Waals surface area contributed by atoms with E-state index in [1.165, 1.54) is 0 Å². The molecule has 1 aliphatic rings. The number of aromatic nitrogens is 2. The quantitative estimate of drug-likeness (QED) is 0.842. The topological polar surface area (TPSA) is 21.1 Å². The molecule has 112 valence electrons. The third kappa shape index (κ3) is 1.96. The highest BCUT2D eigenvalue weighted by molar-refractivity contribution is 5.70. The highest BCUT2D eigenvalue weighted by atomic mass is 19.1. The largest absolute Gasteiger partial charge is 0.374 e. The second-order valence-electron chi connectivity index (χ2n) is 6.75. The highest BCUT2D eigenvalue weighted by Gasteiger charge is 2.47. The first-order valence-electron chi connectivity index (χ1n) is 7.26. The van der Waals surface area contributed by atoms with Gasteiger partial charge in [-0.25, -0.2) is 9.37 Å². The Labute approximate surface area is 125 Å². The van der Waals surface area contributed by atoms with Gasteiger partial charge in [0.05, 0.1) is 0 Å². The van der Waals surface area contributed by atoms with E-state index >= 15 is 0 Å². The van der Waals surface area contributed by atoms with E-state index in [1.807, 2.05) is 31.8 Å². The van der Waals surface area contributed by atoms with Crippen molar-refractivity contribution >= 4 is 5.69 Å². The molecule has 21 heavy (non-hydrogen) atoms. The molecule has 1 atom stereocenters. The molecule has 1 aromatic carbocycles. The monoisotopic (exact) mass is 287 g/mol. The summed E-state index contributed by atoms with van der Waals surface area (Å²) < 4.78 is 17.0. The average molecular weight is 287 g/mol. The van der Waals surface area contributed by atoms with E-state index in [4.69, 9.17) is 0 Å². The van der Waals surface area contributed by atoms with Crippen LogP contribution in [0.5, 0.6) is 0 Å². The third-order valence-electron chi connectivity index (χ3n) is 4.97. The zero-order chi connectivity index (χ0) is 15.4. The molecule has 0 fully saturated rings. The van der Waals surface area contributed by atoms with E-state index in [9.17, 15) is 4.39 Å². The molecule has 1 aliphatic heterocycles. The number of alkyl halides is 1. The van der Waals surface area contributed by atoms with Crippen molar-refractivity contribution in [3.63, 3.8) is 0 Å². The van der Waals surface area contributed by atoms with Gasteiger partial charge in [0, 0.05) is 49.7 Å². The number of nitrogens with zero attached hydrogens (tertiary/aromatic N) is 3. The lowest BCUT2D eigenvalue weighted by Crippen LogP contribution is -2.52. The summed E-state index contributed by atoms with van der Waals surface area (Å²) in [4.78, 5) is 6.56. The van der Waals surface area contributed by atoms with Crippen LogP contribution < -0.4 is 4.90 Å². The summed E-state index contributed by atoms with van der Waals surface area (Å²) in [6.07, 6.45) is 3.70. The van der Waals surface area contributed by atoms with Gasteiger partial charge in [-0.3, -0.25) is 0 Å². The normalized spacial score (nSPS) is 21.7. The van der Waals surface area contributed by atoms with Crippen LogP contribution in [-0.4, -0.2) is 28.8 Å². The van der Waals surface area contributed by atoms with Crippen molar-refractivity contribution in [2.75, 3.05) is 18.5 Å². The zero-order valence-electron chi connectivity index (χ0n) is 13.3. The zero-order valence-corrected chi connectivity index (χ0v) is 13.3. The molecule has 4 heteroatoms. The maximum Gasteiger partial charge on any atom is 0.139 e. The number of rotatable bonds is 2. The molecular formula is C17H22FN3. The van der Waals surface area contributed by atoms with Gasteiger partial charge < -0.3 is 9.47 Å². The van der Waals surface area contributed by atoms with E-state index in [2.05, 4.69) is 28.1 Å². The van der Waals surface area contributed by atoms with Crippen LogP contribution in [0.2, 0.25) is 0 Å². The molecule has 2 heterocycles. The fourth-order valence-electron chi connectivity index (χ4n) is 3.21. The lowest BCUT2D eigenvalue weighted by atomic mass is 9.67. The molecule has 3 nitrogen and oxygen atoms in total. The molecule has 0 spiro atoms. The Morgan fingerprint density at radius 2 is 2.00 bits per heavy atom. The van der Waals surface area contributed by atoms with Crippen molar-refractivity contribution in [3.8, 4) is 11.4 Å². The van der Waals surface area contributed by atoms with Crippen LogP contribution in [0, 0.1) is 0 Å². The Morgan fingerprint density at radius 1 is 1.29 bits per heavy atom. The smallest absolute Gasteiger partial charge is 0.139 e. The van der Waals surface area contributed by atoms with E-state index in [0.29, 0.717) is 6.54 Å². The summed E-state index contributed by atoms with van der Waals surface area (Å²) in [5.74, 6) is 0.886. The van der Waals surface area contributed by atoms with Crippen molar-refractivity contribution in [3.05, 3.63) is 36.2 Å². The van der Waals surface area contributed by atoms with Gasteiger partial charge in [-0.15, -0.1) is 0 Å². The second kappa shape index (κ2) is 4.33. The maximum absolute atomic E-state index is 15.0. The molecule has 1 aromatic heterocycles. The summed E-state index contributed by atoms with van der Waals surface area (Å²) >= 11 is 0. The van der Waals surface area contributed by atoms with E-state index in [1.54, 1.807) is 20.0 Å². The van der Waals surface area contributed by atoms with Crippen molar-refractivity contribution in [2.45, 2.75) is 31.9 Å². The molecule has 0 saturated carbocycles. The number of hydrogen-bond donors (Lipinski definition) is 0. The summed E-state index contributed by atoms with van der Waals surface area (Å²) in [7, 11) is 3.98. The van der Waals surface area contributed by atoms with Gasteiger partial charge in [-0.1, -0.05) is 6.92 Å². The minimum Gasteiger partial charge on any atom is -0.374 e. The van der Waals surface area contributed by atoms with Gasteiger partial charge in [0.2, 0.25) is 0 Å². The first-order chi connectivity index (χ1) is 9.74. The average Bonchev–Trinajstić information content (AvgIpc) is 2.81. The number of aryl methyl sites for hydroxylation is 1. The SMILES string of the molecule is CN1CC(C)(C(C)(C)F)c2cc1ccc2-c1nccn1C. The van der Waals surface area contributed by atoms with Gasteiger partial charge in [-0.05, 0) is 37.6 Å². The summed E-state index contributed by atoms with van der Waals surface area (Å²) in [6.45, 7) is 6.01. The number of hydrogen-bond acceptors (Lipinski definition) is 2. The Kier molecular flexibility index (Phi) is 2.91. The first-order valence-corrected chi connectivity index (χ1v) is 7.26. The first kappa shape index (κ1) is 14.1. The fraction of sp³-hybridized carbons (Fsp3) is 0.471. The standard InChI is InChI=1S/C17H22FN3/c1-16(2,18)17(3)11-21(5)12-6-7-13(14(17)10-12)15-19-8-9-20(15)4/h6-10H,11H2,1-5H3. The Morgan fingerprint density at radius 3 is 2.57 bits per heavy atom. The predicted octanol–water partition coefficient (Wildman–Crippen LogP) is 3.54. The summed E-state index contributed by atoms with van der Waals surface area (Å²) in [5.41, 5.74) is 1.30. The van der Waals surface area contributed by atoms with Gasteiger partial charge in [0.15, 0.2) is 0 Å². The lowest BCUT2D eigenvalue weighted by molar-refractivity contribution is 0.104. The lowest BCUT2D eigenvalue weighted by Gasteiger charge is -2.46. The number of imidazole rings is 1. The van der Waals surface area contributed by atoms with Crippen LogP contribution in [0.25, 0.3) is 11.4 Å². The summed E-state index contributed by atoms with van der Waals surface area (Å²) in [6, 6.07) is 6.25. The predicted molar refractivity (Wildman–Crippen MR) is 84.5 cm³/mol. The molecule has 0 N–H and O–H groups in total. The molecular weight excluding hydrogens is 265 g/mol. The van der Waals surface area contributed by atoms with Crippen LogP contribution in [0.3, 0.4) is 0 Å². The molecule has 0 aliphatic carbocycles. The Hall–Kier alpha value is -1.84. The summed E-state index contributed by atoms with van der Waals surface area (Å²) in [5, 5.41) is 0. The van der Waals surface area contributed by atoms with Gasteiger partial charge >= 0.3 is 0 Å². The number of halogens is 1. The number of benzene rings is 1. The van der Waals surface area contributed by atoms with Gasteiger partial charge in [0.25, 0.3) is 0 Å². The van der Waals surface area contributed by atoms with Crippen molar-refractivity contribution in [1.29, 1.82) is 0 Å². The van der Waals surface area contributed by atoms with Crippen molar-refractivity contribution < 1.29 is 4.39 Å². The minimum absolute atomic E-state index is 0.572. The van der Waals surface area contributed by atoms with Gasteiger partial charge in [-0.2, -0.15) is 0 Å². The van der Waals surface area contributed by atoms with E-state index in [-0.39, 0.29) is 0 Å². The second-order valence-corrected chi connectivity index (χ2v) is 6.75. The Bertz CT molecular complexity index is 684. The van der Waals surface area contributed by atoms with Crippen molar-refractivity contribution in [1.82, 2.24) is 9.55 Å². The molecule has 0 radical (unpaired) electrons. The number of anilines is 1. The molecule has 2 aromatic rings. The van der Waals surface area contributed by atoms with Crippen molar-refractivity contribution in [2.24, 2.45) is 7.05 Å². The van der Waals surface area contributed by atoms with E-state index < -0.39 is 11.1 Å². The molecule has 2 bridgehead atoms. The van der Waals surface area contributed by atoms with Crippen LogP contribution in [0.4, 0.5) is 10.1 Å². The van der Waals surface area contributed by atoms with Crippen LogP contribution >= 0.6 is 0 Å². The minimum atomic E-state index is -1.32. The molecule has 0 saturated heterocycles. The van der Waals surface area contributed by atoms with Crippen LogP contribution in [0.1, 0.15) is 26.3 Å². The molecule has 1 unspecified atom stereocenters. The van der Waals surface area contributed by atoms with E-state index in [0.717, 1.165) is 22.6 Å².